The van der Waals surface area contributed by atoms with Gasteiger partial charge in [-0.3, -0.25) is 0 Å². The molecule has 0 saturated carbocycles. The van der Waals surface area contributed by atoms with Gasteiger partial charge in [0.1, 0.15) is 5.01 Å². The number of aryl methyl sites for hydroxylation is 2. The normalized spacial score (nSPS) is 11.5. The second-order valence-electron chi connectivity index (χ2n) is 5.09. The molecule has 2 rings (SSSR count). The first-order valence-corrected chi connectivity index (χ1v) is 8.03. The largest absolute Gasteiger partial charge is 0.369 e. The molecule has 0 unspecified atom stereocenters. The second-order valence-corrected chi connectivity index (χ2v) is 6.09. The van der Waals surface area contributed by atoms with Crippen LogP contribution in [0.1, 0.15) is 36.4 Å². The van der Waals surface area contributed by atoms with Crippen molar-refractivity contribution in [1.82, 2.24) is 4.98 Å². The Morgan fingerprint density at radius 1 is 1.18 bits per heavy atom. The third-order valence-electron chi connectivity index (χ3n) is 3.18. The standard InChI is InChI=1S/C16H21N5S/c1-4-5-12-6-8-13(9-7-12)15-19-10(2)14(22-15)11(3)20-21-16(17)18/h6-9H,4-5H2,1-3H3,(H4,17,18,21). The molecule has 4 N–H and O–H groups in total. The van der Waals surface area contributed by atoms with Crippen LogP contribution in [0.3, 0.4) is 0 Å². The Balaban J connectivity index is 2.29. The lowest BCUT2D eigenvalue weighted by Crippen LogP contribution is -2.22. The predicted molar refractivity (Wildman–Crippen MR) is 94.3 cm³/mol. The van der Waals surface area contributed by atoms with Crippen molar-refractivity contribution in [3.05, 3.63) is 40.4 Å². The van der Waals surface area contributed by atoms with E-state index in [2.05, 4.69) is 46.4 Å². The Morgan fingerprint density at radius 2 is 1.86 bits per heavy atom. The summed E-state index contributed by atoms with van der Waals surface area (Å²) >= 11 is 1.60. The summed E-state index contributed by atoms with van der Waals surface area (Å²) in [5, 5.41) is 8.70. The molecule has 0 aliphatic carbocycles. The number of hydrogen-bond donors (Lipinski definition) is 2. The highest BCUT2D eigenvalue weighted by Crippen LogP contribution is 2.28. The van der Waals surface area contributed by atoms with Crippen molar-refractivity contribution in [2.75, 3.05) is 0 Å². The zero-order chi connectivity index (χ0) is 16.1. The molecule has 0 atom stereocenters. The average molecular weight is 315 g/mol. The van der Waals surface area contributed by atoms with E-state index in [9.17, 15) is 0 Å². The lowest BCUT2D eigenvalue weighted by Gasteiger charge is -2.00. The first kappa shape index (κ1) is 16.2. The molecule has 5 nitrogen and oxygen atoms in total. The molecule has 22 heavy (non-hydrogen) atoms. The maximum absolute atomic E-state index is 5.30. The fourth-order valence-corrected chi connectivity index (χ4v) is 3.15. The van der Waals surface area contributed by atoms with Gasteiger partial charge in [0, 0.05) is 5.56 Å². The van der Waals surface area contributed by atoms with Crippen LogP contribution in [0.2, 0.25) is 0 Å². The molecule has 0 fully saturated rings. The molecule has 0 aliphatic heterocycles. The number of hydrogen-bond acceptors (Lipinski definition) is 4. The number of guanidine groups is 1. The van der Waals surface area contributed by atoms with Crippen LogP contribution in [-0.4, -0.2) is 16.7 Å². The number of thiazole rings is 1. The molecule has 1 heterocycles. The summed E-state index contributed by atoms with van der Waals surface area (Å²) in [6, 6.07) is 8.57. The smallest absolute Gasteiger partial charge is 0.211 e. The number of nitrogens with two attached hydrogens (primary N) is 2. The minimum Gasteiger partial charge on any atom is -0.369 e. The zero-order valence-electron chi connectivity index (χ0n) is 13.1. The summed E-state index contributed by atoms with van der Waals surface area (Å²) in [5.74, 6) is -0.0479. The van der Waals surface area contributed by atoms with Crippen LogP contribution in [0.25, 0.3) is 10.6 Å². The maximum atomic E-state index is 5.30. The fraction of sp³-hybridized carbons (Fsp3) is 0.312. The van der Waals surface area contributed by atoms with Crippen molar-refractivity contribution in [3.8, 4) is 10.6 Å². The Labute approximate surface area is 134 Å². The molecule has 1 aromatic carbocycles. The number of rotatable bonds is 5. The predicted octanol–water partition coefficient (Wildman–Crippen LogP) is 3.07. The van der Waals surface area contributed by atoms with E-state index < -0.39 is 0 Å². The SMILES string of the molecule is CCCc1ccc(-c2nc(C)c(C(C)=NN=C(N)N)s2)cc1. The van der Waals surface area contributed by atoms with Crippen LogP contribution in [0.5, 0.6) is 0 Å². The molecular weight excluding hydrogens is 294 g/mol. The number of benzene rings is 1. The van der Waals surface area contributed by atoms with Crippen LogP contribution < -0.4 is 11.5 Å². The molecule has 0 spiro atoms. The first-order chi connectivity index (χ1) is 10.5. The lowest BCUT2D eigenvalue weighted by molar-refractivity contribution is 0.922. The van der Waals surface area contributed by atoms with E-state index in [0.717, 1.165) is 39.7 Å². The van der Waals surface area contributed by atoms with Crippen LogP contribution in [0.15, 0.2) is 34.5 Å². The van der Waals surface area contributed by atoms with E-state index in [4.69, 9.17) is 11.5 Å². The average Bonchev–Trinajstić information content (AvgIpc) is 2.88. The number of nitrogens with zero attached hydrogens (tertiary/aromatic N) is 3. The van der Waals surface area contributed by atoms with Gasteiger partial charge in [0.2, 0.25) is 5.96 Å². The monoisotopic (exact) mass is 315 g/mol. The number of aromatic nitrogens is 1. The van der Waals surface area contributed by atoms with Gasteiger partial charge in [-0.2, -0.15) is 5.10 Å². The van der Waals surface area contributed by atoms with Crippen LogP contribution >= 0.6 is 11.3 Å². The fourth-order valence-electron chi connectivity index (χ4n) is 2.14. The molecule has 1 aromatic heterocycles. The third kappa shape index (κ3) is 3.92. The van der Waals surface area contributed by atoms with E-state index in [1.807, 2.05) is 13.8 Å². The Bertz CT molecular complexity index is 694. The molecule has 0 saturated heterocycles. The molecule has 0 aliphatic rings. The van der Waals surface area contributed by atoms with Crippen LogP contribution in [0, 0.1) is 6.92 Å². The topological polar surface area (TPSA) is 89.6 Å². The van der Waals surface area contributed by atoms with Crippen molar-refractivity contribution in [2.24, 2.45) is 21.7 Å². The van der Waals surface area contributed by atoms with Gasteiger partial charge in [-0.15, -0.1) is 16.4 Å². The van der Waals surface area contributed by atoms with Gasteiger partial charge in [0.15, 0.2) is 0 Å². The first-order valence-electron chi connectivity index (χ1n) is 7.21. The third-order valence-corrected chi connectivity index (χ3v) is 4.50. The van der Waals surface area contributed by atoms with Gasteiger partial charge < -0.3 is 11.5 Å². The molecule has 6 heteroatoms. The molecule has 0 amide bonds. The van der Waals surface area contributed by atoms with Crippen molar-refractivity contribution in [2.45, 2.75) is 33.6 Å². The summed E-state index contributed by atoms with van der Waals surface area (Å²) in [7, 11) is 0. The van der Waals surface area contributed by atoms with Gasteiger partial charge in [0.25, 0.3) is 0 Å². The van der Waals surface area contributed by atoms with Gasteiger partial charge in [0.05, 0.1) is 16.3 Å². The molecule has 0 radical (unpaired) electrons. The maximum Gasteiger partial charge on any atom is 0.211 e. The highest BCUT2D eigenvalue weighted by atomic mass is 32.1. The second kappa shape index (κ2) is 7.17. The minimum atomic E-state index is -0.0479. The summed E-state index contributed by atoms with van der Waals surface area (Å²) in [5.41, 5.74) is 14.8. The molecule has 0 bridgehead atoms. The van der Waals surface area contributed by atoms with Crippen molar-refractivity contribution >= 4 is 23.0 Å². The van der Waals surface area contributed by atoms with E-state index in [-0.39, 0.29) is 5.96 Å². The van der Waals surface area contributed by atoms with Gasteiger partial charge in [-0.1, -0.05) is 37.6 Å². The highest BCUT2D eigenvalue weighted by molar-refractivity contribution is 7.17. The summed E-state index contributed by atoms with van der Waals surface area (Å²) in [4.78, 5) is 5.63. The Morgan fingerprint density at radius 3 is 2.45 bits per heavy atom. The summed E-state index contributed by atoms with van der Waals surface area (Å²) < 4.78 is 0. The molecule has 2 aromatic rings. The summed E-state index contributed by atoms with van der Waals surface area (Å²) in [6.45, 7) is 6.03. The molecular formula is C16H21N5S. The van der Waals surface area contributed by atoms with Gasteiger partial charge in [-0.05, 0) is 25.8 Å². The van der Waals surface area contributed by atoms with E-state index >= 15 is 0 Å². The van der Waals surface area contributed by atoms with Crippen LogP contribution in [0.4, 0.5) is 0 Å². The minimum absolute atomic E-state index is 0.0479. The zero-order valence-corrected chi connectivity index (χ0v) is 13.9. The van der Waals surface area contributed by atoms with Gasteiger partial charge >= 0.3 is 0 Å². The summed E-state index contributed by atoms with van der Waals surface area (Å²) in [6.07, 6.45) is 2.26. The van der Waals surface area contributed by atoms with Crippen molar-refractivity contribution in [3.63, 3.8) is 0 Å². The van der Waals surface area contributed by atoms with Gasteiger partial charge in [-0.25, -0.2) is 4.98 Å². The van der Waals surface area contributed by atoms with Crippen LogP contribution in [-0.2, 0) is 6.42 Å². The van der Waals surface area contributed by atoms with E-state index in [1.165, 1.54) is 5.56 Å². The van der Waals surface area contributed by atoms with E-state index in [1.54, 1.807) is 11.3 Å². The van der Waals surface area contributed by atoms with E-state index in [0.29, 0.717) is 0 Å². The van der Waals surface area contributed by atoms with Crippen molar-refractivity contribution in [1.29, 1.82) is 0 Å². The molecule has 116 valence electrons. The lowest BCUT2D eigenvalue weighted by atomic mass is 10.1. The highest BCUT2D eigenvalue weighted by Gasteiger charge is 2.12. The quantitative estimate of drug-likeness (QED) is 0.505. The Kier molecular flexibility index (Phi) is 5.27. The Hall–Kier alpha value is -2.21. The van der Waals surface area contributed by atoms with Crippen molar-refractivity contribution < 1.29 is 0 Å².